The molecule has 0 aliphatic rings. The molecule has 2 aromatic heterocycles. The third-order valence-electron chi connectivity index (χ3n) is 3.22. The molecule has 0 saturated carbocycles. The smallest absolute Gasteiger partial charge is 0.137 e. The monoisotopic (exact) mass is 290 g/mol. The van der Waals surface area contributed by atoms with Crippen molar-refractivity contribution in [3.8, 4) is 5.75 Å². The molecule has 3 rings (SSSR count). The predicted octanol–water partition coefficient (Wildman–Crippen LogP) is 3.95. The lowest BCUT2D eigenvalue weighted by Gasteiger charge is -2.05. The van der Waals surface area contributed by atoms with Gasteiger partial charge in [0.05, 0.1) is 12.1 Å². The van der Waals surface area contributed by atoms with Gasteiger partial charge in [-0.15, -0.1) is 0 Å². The van der Waals surface area contributed by atoms with E-state index in [1.54, 1.807) is 25.4 Å². The first-order valence-corrected chi connectivity index (χ1v) is 6.49. The largest absolute Gasteiger partial charge is 0.497 e. The lowest BCUT2D eigenvalue weighted by Crippen LogP contribution is -1.94. The molecule has 1 aromatic carbocycles. The van der Waals surface area contributed by atoms with E-state index in [0.717, 1.165) is 16.6 Å². The van der Waals surface area contributed by atoms with Gasteiger partial charge in [0.15, 0.2) is 0 Å². The Hall–Kier alpha value is -2.07. The van der Waals surface area contributed by atoms with Crippen LogP contribution in [0.15, 0.2) is 36.7 Å². The topological polar surface area (TPSA) is 37.9 Å². The molecular weight excluding hydrogens is 279 g/mol. The van der Waals surface area contributed by atoms with E-state index in [-0.39, 0.29) is 5.82 Å². The summed E-state index contributed by atoms with van der Waals surface area (Å²) in [7, 11) is 1.56. The molecule has 0 amide bonds. The number of rotatable bonds is 3. The maximum atomic E-state index is 13.9. The van der Waals surface area contributed by atoms with Crippen molar-refractivity contribution in [2.24, 2.45) is 0 Å². The summed E-state index contributed by atoms with van der Waals surface area (Å²) in [5.41, 5.74) is 2.26. The third kappa shape index (κ3) is 2.34. The number of H-pyrrole nitrogens is 1. The van der Waals surface area contributed by atoms with Gasteiger partial charge in [0, 0.05) is 24.2 Å². The summed E-state index contributed by atoms with van der Waals surface area (Å²) in [6.07, 6.45) is 3.86. The molecule has 0 saturated heterocycles. The minimum Gasteiger partial charge on any atom is -0.497 e. The number of halogens is 2. The lowest BCUT2D eigenvalue weighted by molar-refractivity contribution is 0.413. The van der Waals surface area contributed by atoms with Crippen molar-refractivity contribution in [3.63, 3.8) is 0 Å². The van der Waals surface area contributed by atoms with Crippen molar-refractivity contribution in [1.29, 1.82) is 0 Å². The van der Waals surface area contributed by atoms with E-state index in [1.165, 1.54) is 6.07 Å². The van der Waals surface area contributed by atoms with Gasteiger partial charge in [-0.05, 0) is 35.4 Å². The van der Waals surface area contributed by atoms with Crippen LogP contribution < -0.4 is 4.74 Å². The number of aromatic nitrogens is 2. The van der Waals surface area contributed by atoms with E-state index in [9.17, 15) is 4.39 Å². The number of hydrogen-bond acceptors (Lipinski definition) is 2. The molecule has 1 N–H and O–H groups in total. The summed E-state index contributed by atoms with van der Waals surface area (Å²) in [6.45, 7) is 0. The van der Waals surface area contributed by atoms with Gasteiger partial charge in [-0.3, -0.25) is 0 Å². The van der Waals surface area contributed by atoms with Crippen LogP contribution >= 0.6 is 11.6 Å². The van der Waals surface area contributed by atoms with Crippen LogP contribution in [0, 0.1) is 5.82 Å². The number of nitrogens with one attached hydrogen (secondary N) is 1. The Kier molecular flexibility index (Phi) is 3.32. The minimum absolute atomic E-state index is 0.255. The first-order valence-electron chi connectivity index (χ1n) is 6.11. The van der Waals surface area contributed by atoms with Gasteiger partial charge in [0.1, 0.15) is 17.2 Å². The molecule has 0 spiro atoms. The Morgan fingerprint density at radius 3 is 2.95 bits per heavy atom. The Balaban J connectivity index is 2.03. The Morgan fingerprint density at radius 1 is 1.30 bits per heavy atom. The summed E-state index contributed by atoms with van der Waals surface area (Å²) in [5, 5.41) is 1.46. The van der Waals surface area contributed by atoms with Crippen molar-refractivity contribution in [2.75, 3.05) is 7.11 Å². The Bertz CT molecular complexity index is 770. The second-order valence-corrected chi connectivity index (χ2v) is 4.93. The molecule has 0 aliphatic heterocycles. The molecular formula is C15H12ClFN2O. The average molecular weight is 291 g/mol. The van der Waals surface area contributed by atoms with Gasteiger partial charge in [-0.1, -0.05) is 11.6 Å². The quantitative estimate of drug-likeness (QED) is 0.793. The number of methoxy groups -OCH3 is 1. The molecule has 0 bridgehead atoms. The van der Waals surface area contributed by atoms with Crippen LogP contribution in [0.25, 0.3) is 11.0 Å². The zero-order valence-electron chi connectivity index (χ0n) is 10.8. The zero-order chi connectivity index (χ0) is 14.1. The molecule has 0 unspecified atom stereocenters. The highest BCUT2D eigenvalue weighted by Crippen LogP contribution is 2.25. The number of nitrogens with zero attached hydrogens (tertiary/aromatic N) is 1. The highest BCUT2D eigenvalue weighted by Gasteiger charge is 2.10. The lowest BCUT2D eigenvalue weighted by atomic mass is 10.0. The average Bonchev–Trinajstić information content (AvgIpc) is 2.84. The molecule has 20 heavy (non-hydrogen) atoms. The van der Waals surface area contributed by atoms with E-state index in [2.05, 4.69) is 9.97 Å². The van der Waals surface area contributed by atoms with Crippen molar-refractivity contribution in [2.45, 2.75) is 6.42 Å². The van der Waals surface area contributed by atoms with Crippen LogP contribution in [0.3, 0.4) is 0 Å². The molecule has 3 nitrogen and oxygen atoms in total. The molecule has 3 aromatic rings. The van der Waals surface area contributed by atoms with Gasteiger partial charge in [-0.25, -0.2) is 9.37 Å². The summed E-state index contributed by atoms with van der Waals surface area (Å²) in [5.74, 6) is 0.382. The number of pyridine rings is 1. The van der Waals surface area contributed by atoms with Crippen LogP contribution in [0.5, 0.6) is 5.75 Å². The van der Waals surface area contributed by atoms with Gasteiger partial charge >= 0.3 is 0 Å². The molecule has 0 atom stereocenters. The SMILES string of the molecule is COc1ccc(F)c(Cc2c[nH]c3ncc(Cl)cc23)c1. The fourth-order valence-electron chi connectivity index (χ4n) is 2.20. The van der Waals surface area contributed by atoms with Crippen molar-refractivity contribution >= 4 is 22.6 Å². The molecule has 102 valence electrons. The highest BCUT2D eigenvalue weighted by atomic mass is 35.5. The van der Waals surface area contributed by atoms with Crippen LogP contribution in [0.2, 0.25) is 5.02 Å². The number of hydrogen-bond donors (Lipinski definition) is 1. The maximum absolute atomic E-state index is 13.9. The van der Waals surface area contributed by atoms with E-state index < -0.39 is 0 Å². The van der Waals surface area contributed by atoms with Gasteiger partial charge in [-0.2, -0.15) is 0 Å². The standard InChI is InChI=1S/C15H12ClFN2O/c1-20-12-2-3-14(17)9(5-12)4-10-7-18-15-13(10)6-11(16)8-19-15/h2-3,5-8H,4H2,1H3,(H,18,19). The number of aromatic amines is 1. The van der Waals surface area contributed by atoms with Crippen LogP contribution in [-0.4, -0.2) is 17.1 Å². The van der Waals surface area contributed by atoms with Gasteiger partial charge in [0.25, 0.3) is 0 Å². The minimum atomic E-state index is -0.255. The van der Waals surface area contributed by atoms with Crippen LogP contribution in [0.4, 0.5) is 4.39 Å². The number of fused-ring (bicyclic) bond motifs is 1. The van der Waals surface area contributed by atoms with Crippen molar-refractivity contribution < 1.29 is 9.13 Å². The normalized spacial score (nSPS) is 10.9. The fraction of sp³-hybridized carbons (Fsp3) is 0.133. The van der Waals surface area contributed by atoms with Crippen molar-refractivity contribution in [3.05, 3.63) is 58.6 Å². The summed E-state index contributed by atoms with van der Waals surface area (Å²) >= 11 is 5.96. The second-order valence-electron chi connectivity index (χ2n) is 4.50. The summed E-state index contributed by atoms with van der Waals surface area (Å²) < 4.78 is 19.0. The number of benzene rings is 1. The summed E-state index contributed by atoms with van der Waals surface area (Å²) in [4.78, 5) is 7.25. The number of ether oxygens (including phenoxy) is 1. The third-order valence-corrected chi connectivity index (χ3v) is 3.42. The van der Waals surface area contributed by atoms with E-state index >= 15 is 0 Å². The van der Waals surface area contributed by atoms with Gasteiger partial charge in [0.2, 0.25) is 0 Å². The zero-order valence-corrected chi connectivity index (χ0v) is 11.5. The first-order chi connectivity index (χ1) is 9.67. The first kappa shape index (κ1) is 12.9. The van der Waals surface area contributed by atoms with Crippen LogP contribution in [0.1, 0.15) is 11.1 Å². The molecule has 2 heterocycles. The van der Waals surface area contributed by atoms with Crippen LogP contribution in [-0.2, 0) is 6.42 Å². The van der Waals surface area contributed by atoms with Crippen molar-refractivity contribution in [1.82, 2.24) is 9.97 Å². The van der Waals surface area contributed by atoms with Gasteiger partial charge < -0.3 is 9.72 Å². The van der Waals surface area contributed by atoms with E-state index in [1.807, 2.05) is 12.3 Å². The Labute approximate surface area is 120 Å². The molecule has 0 aliphatic carbocycles. The van der Waals surface area contributed by atoms with E-state index in [0.29, 0.717) is 22.8 Å². The Morgan fingerprint density at radius 2 is 2.15 bits per heavy atom. The maximum Gasteiger partial charge on any atom is 0.137 e. The summed E-state index contributed by atoms with van der Waals surface area (Å²) in [6, 6.07) is 6.54. The molecule has 0 radical (unpaired) electrons. The van der Waals surface area contributed by atoms with E-state index in [4.69, 9.17) is 16.3 Å². The predicted molar refractivity (Wildman–Crippen MR) is 76.9 cm³/mol. The molecule has 5 heteroatoms. The fourth-order valence-corrected chi connectivity index (χ4v) is 2.36. The second kappa shape index (κ2) is 5.13. The molecule has 0 fully saturated rings. The highest BCUT2D eigenvalue weighted by molar-refractivity contribution is 6.31.